The van der Waals surface area contributed by atoms with Crippen LogP contribution in [0.2, 0.25) is 0 Å². The van der Waals surface area contributed by atoms with Crippen molar-refractivity contribution < 1.29 is 0 Å². The molecular weight excluding hydrogens is 372 g/mol. The van der Waals surface area contributed by atoms with Crippen LogP contribution < -0.4 is 5.32 Å². The first-order valence-electron chi connectivity index (χ1n) is 7.54. The van der Waals surface area contributed by atoms with Crippen LogP contribution in [0.4, 0.5) is 10.8 Å². The number of thiophene rings is 1. The normalized spacial score (nSPS) is 10.9. The number of anilines is 2. The molecule has 0 aliphatic rings. The molecule has 1 N–H and O–H groups in total. The smallest absolute Gasteiger partial charge is 0.210 e. The Bertz CT molecular complexity index is 916. The summed E-state index contributed by atoms with van der Waals surface area (Å²) in [6.07, 6.45) is 0. The SMILES string of the molecule is c1ccc(Nc2nc(CSc3nnnn3Cc3cccs3)cs2)cc1. The van der Waals surface area contributed by atoms with Crippen molar-refractivity contribution in [1.82, 2.24) is 25.2 Å². The fourth-order valence-corrected chi connectivity index (χ4v) is 4.45. The molecule has 126 valence electrons. The molecule has 9 heteroatoms. The highest BCUT2D eigenvalue weighted by atomic mass is 32.2. The van der Waals surface area contributed by atoms with Crippen molar-refractivity contribution in [3.05, 3.63) is 63.8 Å². The van der Waals surface area contributed by atoms with Gasteiger partial charge < -0.3 is 5.32 Å². The molecule has 0 atom stereocenters. The first-order chi connectivity index (χ1) is 12.4. The first-order valence-corrected chi connectivity index (χ1v) is 10.3. The molecule has 0 amide bonds. The average molecular weight is 387 g/mol. The van der Waals surface area contributed by atoms with Gasteiger partial charge in [-0.15, -0.1) is 27.8 Å². The van der Waals surface area contributed by atoms with Crippen molar-refractivity contribution in [3.63, 3.8) is 0 Å². The number of hydrogen-bond donors (Lipinski definition) is 1. The van der Waals surface area contributed by atoms with Crippen LogP contribution >= 0.6 is 34.4 Å². The molecular formula is C16H14N6S3. The summed E-state index contributed by atoms with van der Waals surface area (Å²) in [5.74, 6) is 0.734. The minimum absolute atomic E-state index is 0.699. The Labute approximate surface area is 156 Å². The van der Waals surface area contributed by atoms with Crippen LogP contribution in [-0.2, 0) is 12.3 Å². The van der Waals surface area contributed by atoms with E-state index in [9.17, 15) is 0 Å². The summed E-state index contributed by atoms with van der Waals surface area (Å²) in [5.41, 5.74) is 2.05. The third-order valence-corrected chi connectivity index (χ3v) is 5.97. The van der Waals surface area contributed by atoms with Gasteiger partial charge in [-0.3, -0.25) is 0 Å². The molecule has 0 unspecified atom stereocenters. The van der Waals surface area contributed by atoms with Gasteiger partial charge in [0.1, 0.15) is 0 Å². The number of nitrogens with zero attached hydrogens (tertiary/aromatic N) is 5. The topological polar surface area (TPSA) is 68.5 Å². The van der Waals surface area contributed by atoms with Crippen molar-refractivity contribution in [3.8, 4) is 0 Å². The average Bonchev–Trinajstić information content (AvgIpc) is 3.37. The lowest BCUT2D eigenvalue weighted by molar-refractivity contribution is 0.608. The number of thioether (sulfide) groups is 1. The molecule has 4 rings (SSSR count). The van der Waals surface area contributed by atoms with Crippen LogP contribution in [0, 0.1) is 0 Å². The molecule has 0 saturated carbocycles. The highest BCUT2D eigenvalue weighted by molar-refractivity contribution is 7.98. The van der Waals surface area contributed by atoms with Gasteiger partial charge in [-0.05, 0) is 34.0 Å². The summed E-state index contributed by atoms with van der Waals surface area (Å²) in [6.45, 7) is 0.699. The van der Waals surface area contributed by atoms with Crippen molar-refractivity contribution >= 4 is 45.3 Å². The maximum atomic E-state index is 4.62. The maximum absolute atomic E-state index is 4.62. The molecule has 0 aliphatic heterocycles. The lowest BCUT2D eigenvalue weighted by atomic mass is 10.3. The van der Waals surface area contributed by atoms with E-state index < -0.39 is 0 Å². The summed E-state index contributed by atoms with van der Waals surface area (Å²) >= 11 is 4.90. The van der Waals surface area contributed by atoms with Crippen molar-refractivity contribution in [2.75, 3.05) is 5.32 Å². The lowest BCUT2D eigenvalue weighted by Crippen LogP contribution is -2.02. The van der Waals surface area contributed by atoms with Crippen molar-refractivity contribution in [1.29, 1.82) is 0 Å². The molecule has 3 aromatic heterocycles. The number of hydrogen-bond acceptors (Lipinski definition) is 8. The largest absolute Gasteiger partial charge is 0.332 e. The van der Waals surface area contributed by atoms with Gasteiger partial charge in [-0.25, -0.2) is 9.67 Å². The highest BCUT2D eigenvalue weighted by Crippen LogP contribution is 2.25. The van der Waals surface area contributed by atoms with Gasteiger partial charge >= 0.3 is 0 Å². The zero-order valence-corrected chi connectivity index (χ0v) is 15.5. The van der Waals surface area contributed by atoms with E-state index in [2.05, 4.69) is 42.7 Å². The van der Waals surface area contributed by atoms with Crippen LogP contribution in [0.1, 0.15) is 10.6 Å². The Hall–Kier alpha value is -2.23. The van der Waals surface area contributed by atoms with E-state index in [4.69, 9.17) is 0 Å². The van der Waals surface area contributed by atoms with Crippen LogP contribution in [0.15, 0.2) is 58.4 Å². The summed E-state index contributed by atoms with van der Waals surface area (Å²) in [5, 5.41) is 21.1. The maximum Gasteiger partial charge on any atom is 0.210 e. The third-order valence-electron chi connectivity index (χ3n) is 3.31. The Kier molecular flexibility index (Phi) is 5.05. The molecule has 3 heterocycles. The van der Waals surface area contributed by atoms with Crippen LogP contribution in [0.5, 0.6) is 0 Å². The predicted octanol–water partition coefficient (Wildman–Crippen LogP) is 4.28. The van der Waals surface area contributed by atoms with Crippen LogP contribution in [-0.4, -0.2) is 25.2 Å². The Morgan fingerprint density at radius 3 is 2.84 bits per heavy atom. The minimum Gasteiger partial charge on any atom is -0.332 e. The van der Waals surface area contributed by atoms with Crippen LogP contribution in [0.25, 0.3) is 0 Å². The van der Waals surface area contributed by atoms with Gasteiger partial charge in [0.25, 0.3) is 0 Å². The summed E-state index contributed by atoms with van der Waals surface area (Å²) in [6, 6.07) is 14.2. The van der Waals surface area contributed by atoms with E-state index in [1.165, 1.54) is 4.88 Å². The quantitative estimate of drug-likeness (QED) is 0.478. The summed E-state index contributed by atoms with van der Waals surface area (Å²) in [7, 11) is 0. The van der Waals surface area contributed by atoms with E-state index in [1.807, 2.05) is 41.1 Å². The van der Waals surface area contributed by atoms with Gasteiger partial charge in [-0.2, -0.15) is 0 Å². The molecule has 4 aromatic rings. The monoisotopic (exact) mass is 386 g/mol. The molecule has 1 aromatic carbocycles. The standard InChI is InChI=1S/C16H14N6S3/c1-2-5-12(6-3-1)17-15-18-13(10-24-15)11-25-16-19-20-21-22(16)9-14-7-4-8-23-14/h1-8,10H,9,11H2,(H,17,18). The lowest BCUT2D eigenvalue weighted by Gasteiger charge is -2.02. The van der Waals surface area contributed by atoms with E-state index in [1.54, 1.807) is 34.4 Å². The van der Waals surface area contributed by atoms with Gasteiger partial charge in [-0.1, -0.05) is 36.0 Å². The van der Waals surface area contributed by atoms with Gasteiger partial charge in [0, 0.05) is 21.7 Å². The van der Waals surface area contributed by atoms with Crippen LogP contribution in [0.3, 0.4) is 0 Å². The second-order valence-electron chi connectivity index (χ2n) is 5.12. The van der Waals surface area contributed by atoms with Crippen molar-refractivity contribution in [2.24, 2.45) is 0 Å². The Balaban J connectivity index is 1.37. The van der Waals surface area contributed by atoms with Gasteiger partial charge in [0.05, 0.1) is 12.2 Å². The van der Waals surface area contributed by atoms with Crippen molar-refractivity contribution in [2.45, 2.75) is 17.5 Å². The van der Waals surface area contributed by atoms with Gasteiger partial charge in [0.2, 0.25) is 5.16 Å². The fraction of sp³-hybridized carbons (Fsp3) is 0.125. The summed E-state index contributed by atoms with van der Waals surface area (Å²) in [4.78, 5) is 5.85. The Morgan fingerprint density at radius 1 is 1.08 bits per heavy atom. The number of nitrogens with one attached hydrogen (secondary N) is 1. The number of benzene rings is 1. The third kappa shape index (κ3) is 4.25. The molecule has 0 radical (unpaired) electrons. The molecule has 0 saturated heterocycles. The predicted molar refractivity (Wildman–Crippen MR) is 103 cm³/mol. The van der Waals surface area contributed by atoms with E-state index in [0.29, 0.717) is 6.54 Å². The first kappa shape index (κ1) is 16.2. The number of rotatable bonds is 7. The zero-order valence-electron chi connectivity index (χ0n) is 13.1. The molecule has 6 nitrogen and oxygen atoms in total. The molecule has 0 aliphatic carbocycles. The zero-order chi connectivity index (χ0) is 16.9. The highest BCUT2D eigenvalue weighted by Gasteiger charge is 2.10. The Morgan fingerprint density at radius 2 is 2.00 bits per heavy atom. The number of para-hydroxylation sites is 1. The molecule has 0 spiro atoms. The second-order valence-corrected chi connectivity index (χ2v) is 7.96. The number of tetrazole rings is 1. The fourth-order valence-electron chi connectivity index (χ4n) is 2.16. The number of aromatic nitrogens is 5. The number of thiazole rings is 1. The molecule has 0 fully saturated rings. The van der Waals surface area contributed by atoms with E-state index in [0.717, 1.165) is 27.4 Å². The minimum atomic E-state index is 0.699. The van der Waals surface area contributed by atoms with E-state index in [-0.39, 0.29) is 0 Å². The molecule has 25 heavy (non-hydrogen) atoms. The summed E-state index contributed by atoms with van der Waals surface area (Å²) < 4.78 is 1.83. The van der Waals surface area contributed by atoms with Gasteiger partial charge in [0.15, 0.2) is 5.13 Å². The van der Waals surface area contributed by atoms with E-state index >= 15 is 0 Å². The molecule has 0 bridgehead atoms. The second kappa shape index (κ2) is 7.77.